The van der Waals surface area contributed by atoms with Crippen molar-refractivity contribution in [2.45, 2.75) is 0 Å². The Kier molecular flexibility index (Phi) is 8.90. The Morgan fingerprint density at radius 2 is 0.913 bits per heavy atom. The van der Waals surface area contributed by atoms with E-state index in [1.165, 1.54) is 32.8 Å². The van der Waals surface area contributed by atoms with Gasteiger partial charge in [0.25, 0.3) is 0 Å². The van der Waals surface area contributed by atoms with E-state index in [4.69, 9.17) is 4.42 Å². The van der Waals surface area contributed by atoms with Crippen LogP contribution in [0.2, 0.25) is 0 Å². The highest BCUT2D eigenvalue weighted by molar-refractivity contribution is 6.26. The van der Waals surface area contributed by atoms with Crippen LogP contribution in [0.1, 0.15) is 0 Å². The minimum Gasteiger partial charge on any atom is -0.455 e. The van der Waals surface area contributed by atoms with Gasteiger partial charge in [-0.3, -0.25) is 0 Å². The summed E-state index contributed by atoms with van der Waals surface area (Å²) in [4.78, 5) is 2.49. The van der Waals surface area contributed by atoms with E-state index in [0.717, 1.165) is 99.4 Å². The van der Waals surface area contributed by atoms with Crippen molar-refractivity contribution in [2.24, 2.45) is 0 Å². The summed E-state index contributed by atoms with van der Waals surface area (Å²) in [6.07, 6.45) is 0. The van der Waals surface area contributed by atoms with Gasteiger partial charge >= 0.3 is 0 Å². The smallest absolute Gasteiger partial charge is 0.143 e. The van der Waals surface area contributed by atoms with Gasteiger partial charge in [0.1, 0.15) is 11.2 Å². The van der Waals surface area contributed by atoms with E-state index in [9.17, 15) is 0 Å². The van der Waals surface area contributed by atoms with Crippen LogP contribution in [0.4, 0.5) is 17.1 Å². The third-order valence-electron chi connectivity index (χ3n) is 14.1. The first kappa shape index (κ1) is 39.0. The number of hydrogen-bond acceptors (Lipinski definition) is 2. The number of hydrogen-bond donors (Lipinski definition) is 0. The minimum atomic E-state index is 0.885. The average molecular weight is 879 g/mol. The maximum absolute atomic E-state index is 7.07. The van der Waals surface area contributed by atoms with E-state index in [-0.39, 0.29) is 0 Å². The lowest BCUT2D eigenvalue weighted by Gasteiger charge is -2.30. The number of nitrogens with zero attached hydrogens (tertiary/aromatic N) is 2. The highest BCUT2D eigenvalue weighted by Crippen LogP contribution is 2.52. The molecule has 0 N–H and O–H groups in total. The van der Waals surface area contributed by atoms with Gasteiger partial charge in [0, 0.05) is 60.5 Å². The molecule has 0 saturated carbocycles. The second kappa shape index (κ2) is 15.7. The Morgan fingerprint density at radius 1 is 0.319 bits per heavy atom. The molecule has 322 valence electrons. The maximum atomic E-state index is 7.07. The van der Waals surface area contributed by atoms with Crippen molar-refractivity contribution in [3.8, 4) is 39.1 Å². The molecule has 0 aliphatic rings. The van der Waals surface area contributed by atoms with Crippen LogP contribution in [-0.2, 0) is 0 Å². The van der Waals surface area contributed by atoms with E-state index in [1.807, 2.05) is 0 Å². The predicted octanol–water partition coefficient (Wildman–Crippen LogP) is 18.6. The third kappa shape index (κ3) is 6.29. The summed E-state index contributed by atoms with van der Waals surface area (Å²) in [6.45, 7) is 0. The SMILES string of the molecule is c1ccc(-c2ccc3c(N(c4ccccc4)c4ccc5c(c4)c4ccccc4n5-c4ccccc4)c4cc(-c5ccccc5)ccc4c(-c4cccc5c4oc4cc6ccccc6cc45)c3c2)cc1. The van der Waals surface area contributed by atoms with Gasteiger partial charge in [0.15, 0.2) is 0 Å². The van der Waals surface area contributed by atoms with Crippen LogP contribution < -0.4 is 4.90 Å². The Bertz CT molecular complexity index is 4290. The summed E-state index contributed by atoms with van der Waals surface area (Å²) in [5, 5.41) is 11.5. The number of furan rings is 1. The molecular formula is C66H42N2O. The van der Waals surface area contributed by atoms with Crippen molar-refractivity contribution in [3.63, 3.8) is 0 Å². The highest BCUT2D eigenvalue weighted by Gasteiger charge is 2.26. The molecular weight excluding hydrogens is 837 g/mol. The molecule has 0 fully saturated rings. The first-order valence-corrected chi connectivity index (χ1v) is 23.7. The number of benzene rings is 12. The maximum Gasteiger partial charge on any atom is 0.143 e. The van der Waals surface area contributed by atoms with Crippen molar-refractivity contribution in [2.75, 3.05) is 4.90 Å². The Labute approximate surface area is 399 Å². The number of fused-ring (bicyclic) bond motifs is 9. The highest BCUT2D eigenvalue weighted by atomic mass is 16.3. The summed E-state index contributed by atoms with van der Waals surface area (Å²) in [6, 6.07) is 92.7. The van der Waals surface area contributed by atoms with Crippen molar-refractivity contribution >= 4 is 93.1 Å². The van der Waals surface area contributed by atoms with Crippen LogP contribution in [0, 0.1) is 0 Å². The van der Waals surface area contributed by atoms with Crippen molar-refractivity contribution in [3.05, 3.63) is 255 Å². The second-order valence-corrected chi connectivity index (χ2v) is 18.0. The zero-order valence-electron chi connectivity index (χ0n) is 37.6. The Morgan fingerprint density at radius 3 is 1.65 bits per heavy atom. The second-order valence-electron chi connectivity index (χ2n) is 18.0. The zero-order chi connectivity index (χ0) is 45.4. The standard InChI is InChI=1S/C66H42N2O/c1-5-18-43(19-6-1)47-33-36-54-59(39-47)64(56-30-17-29-55-58-38-45-22-13-14-23-46(45)41-63(58)69-66(55)56)53-35-32-48(44-20-7-2-8-21-44)40-60(53)65(54)67(49-24-9-3-10-25-49)51-34-37-62-57(42-51)52-28-15-16-31-61(52)68(62)50-26-11-4-12-27-50/h1-42H. The number of anilines is 3. The molecule has 0 aliphatic carbocycles. The molecule has 0 saturated heterocycles. The van der Waals surface area contributed by atoms with Crippen molar-refractivity contribution in [1.29, 1.82) is 0 Å². The molecule has 0 amide bonds. The number of aromatic nitrogens is 1. The predicted molar refractivity (Wildman–Crippen MR) is 292 cm³/mol. The first-order chi connectivity index (χ1) is 34.2. The Balaban J connectivity index is 1.12. The number of rotatable bonds is 7. The van der Waals surface area contributed by atoms with Crippen LogP contribution in [0.5, 0.6) is 0 Å². The third-order valence-corrected chi connectivity index (χ3v) is 14.1. The van der Waals surface area contributed by atoms with E-state index in [2.05, 4.69) is 264 Å². The van der Waals surface area contributed by atoms with E-state index >= 15 is 0 Å². The van der Waals surface area contributed by atoms with Gasteiger partial charge in [-0.05, 0) is 117 Å². The summed E-state index contributed by atoms with van der Waals surface area (Å²) >= 11 is 0. The van der Waals surface area contributed by atoms with Crippen LogP contribution in [-0.4, -0.2) is 4.57 Å². The lowest BCUT2D eigenvalue weighted by atomic mass is 9.86. The fourth-order valence-corrected chi connectivity index (χ4v) is 11.0. The molecule has 3 heteroatoms. The molecule has 0 bridgehead atoms. The lowest BCUT2D eigenvalue weighted by molar-refractivity contribution is 0.670. The van der Waals surface area contributed by atoms with Crippen LogP contribution in [0.3, 0.4) is 0 Å². The fourth-order valence-electron chi connectivity index (χ4n) is 11.0. The normalized spacial score (nSPS) is 11.8. The molecule has 69 heavy (non-hydrogen) atoms. The molecule has 2 heterocycles. The van der Waals surface area contributed by atoms with Gasteiger partial charge in [-0.15, -0.1) is 0 Å². The summed E-state index contributed by atoms with van der Waals surface area (Å²) < 4.78 is 9.45. The summed E-state index contributed by atoms with van der Waals surface area (Å²) in [5.41, 5.74) is 15.3. The molecule has 0 atom stereocenters. The summed E-state index contributed by atoms with van der Waals surface area (Å²) in [7, 11) is 0. The van der Waals surface area contributed by atoms with Gasteiger partial charge in [-0.2, -0.15) is 0 Å². The van der Waals surface area contributed by atoms with E-state index in [0.29, 0.717) is 0 Å². The fraction of sp³-hybridized carbons (Fsp3) is 0. The molecule has 2 aromatic heterocycles. The number of para-hydroxylation sites is 4. The van der Waals surface area contributed by atoms with E-state index < -0.39 is 0 Å². The van der Waals surface area contributed by atoms with Crippen molar-refractivity contribution < 1.29 is 4.42 Å². The molecule has 14 aromatic rings. The zero-order valence-corrected chi connectivity index (χ0v) is 37.6. The molecule has 3 nitrogen and oxygen atoms in total. The lowest BCUT2D eigenvalue weighted by Crippen LogP contribution is -2.11. The van der Waals surface area contributed by atoms with Crippen LogP contribution >= 0.6 is 0 Å². The van der Waals surface area contributed by atoms with Gasteiger partial charge < -0.3 is 13.9 Å². The van der Waals surface area contributed by atoms with Crippen LogP contribution in [0.25, 0.3) is 115 Å². The van der Waals surface area contributed by atoms with Gasteiger partial charge in [-0.1, -0.05) is 182 Å². The average Bonchev–Trinajstić information content (AvgIpc) is 3.96. The molecule has 0 radical (unpaired) electrons. The van der Waals surface area contributed by atoms with Crippen molar-refractivity contribution in [1.82, 2.24) is 4.57 Å². The van der Waals surface area contributed by atoms with Crippen LogP contribution in [0.15, 0.2) is 259 Å². The topological polar surface area (TPSA) is 21.3 Å². The molecule has 0 aliphatic heterocycles. The molecule has 0 unspecified atom stereocenters. The Hall–Kier alpha value is -9.18. The molecule has 0 spiro atoms. The van der Waals surface area contributed by atoms with E-state index in [1.54, 1.807) is 0 Å². The molecule has 14 rings (SSSR count). The quantitative estimate of drug-likeness (QED) is 0.149. The first-order valence-electron chi connectivity index (χ1n) is 23.7. The largest absolute Gasteiger partial charge is 0.455 e. The molecule has 12 aromatic carbocycles. The monoisotopic (exact) mass is 878 g/mol. The van der Waals surface area contributed by atoms with Gasteiger partial charge in [0.05, 0.1) is 16.7 Å². The van der Waals surface area contributed by atoms with Gasteiger partial charge in [0.2, 0.25) is 0 Å². The minimum absolute atomic E-state index is 0.885. The van der Waals surface area contributed by atoms with Gasteiger partial charge in [-0.25, -0.2) is 0 Å². The summed E-state index contributed by atoms with van der Waals surface area (Å²) in [5.74, 6) is 0.